The highest BCUT2D eigenvalue weighted by molar-refractivity contribution is 8.14. The molecule has 0 radical (unpaired) electrons. The van der Waals surface area contributed by atoms with Crippen molar-refractivity contribution in [3.8, 4) is 0 Å². The Morgan fingerprint density at radius 2 is 0.550 bits per heavy atom. The van der Waals surface area contributed by atoms with Crippen molar-refractivity contribution < 1.29 is 43.0 Å². The van der Waals surface area contributed by atoms with Gasteiger partial charge in [0.15, 0.2) is 15.3 Å². The summed E-state index contributed by atoms with van der Waals surface area (Å²) >= 11 is 2.84. The minimum atomic E-state index is -1.04. The Hall–Kier alpha value is -1.53. The molecule has 0 aliphatic carbocycles. The lowest BCUT2D eigenvalue weighted by molar-refractivity contribution is -0.159. The second-order valence-electron chi connectivity index (χ2n) is 16.6. The largest absolute Gasteiger partial charge is 0.464 e. The van der Waals surface area contributed by atoms with Crippen molar-refractivity contribution in [2.75, 3.05) is 37.1 Å². The molecule has 0 unspecified atom stereocenters. The van der Waals surface area contributed by atoms with E-state index in [1.54, 1.807) is 0 Å². The maximum Gasteiger partial charge on any atom is 0.316 e. The van der Waals surface area contributed by atoms with Crippen LogP contribution in [-0.4, -0.2) is 70.3 Å². The highest BCUT2D eigenvalue weighted by Crippen LogP contribution is 2.26. The molecule has 0 aromatic carbocycles. The van der Waals surface area contributed by atoms with Crippen LogP contribution in [0.15, 0.2) is 0 Å². The van der Waals surface area contributed by atoms with Crippen LogP contribution in [-0.2, 0) is 43.0 Å². The molecule has 12 heteroatoms. The molecule has 0 aliphatic rings. The van der Waals surface area contributed by atoms with Crippen molar-refractivity contribution in [2.45, 2.75) is 227 Å². The third-order valence-electron chi connectivity index (χ3n) is 10.9. The second kappa shape index (κ2) is 42.8. The molecule has 0 aromatic rings. The van der Waals surface area contributed by atoms with E-state index >= 15 is 0 Å². The first-order valence-electron chi connectivity index (χ1n) is 24.0. The quantitative estimate of drug-likeness (QED) is 0.0328. The summed E-state index contributed by atoms with van der Waals surface area (Å²) in [6.07, 6.45) is 32.9. The van der Waals surface area contributed by atoms with Crippen LogP contribution >= 0.6 is 35.3 Å². The molecule has 60 heavy (non-hydrogen) atoms. The second-order valence-corrected chi connectivity index (χ2v) is 19.7. The molecule has 0 saturated carbocycles. The Bertz CT molecular complexity index is 986. The molecule has 0 N–H and O–H groups in total. The average Bonchev–Trinajstić information content (AvgIpc) is 3.25. The third kappa shape index (κ3) is 38.2. The predicted octanol–water partition coefficient (Wildman–Crippen LogP) is 13.6. The van der Waals surface area contributed by atoms with E-state index in [1.165, 1.54) is 116 Å². The van der Waals surface area contributed by atoms with E-state index in [2.05, 4.69) is 20.8 Å². The topological polar surface area (TPSA) is 130 Å². The Morgan fingerprint density at radius 3 is 0.767 bits per heavy atom. The van der Waals surface area contributed by atoms with Crippen LogP contribution in [0, 0.1) is 5.41 Å². The van der Waals surface area contributed by atoms with Gasteiger partial charge < -0.3 is 14.2 Å². The van der Waals surface area contributed by atoms with Crippen LogP contribution in [0.25, 0.3) is 0 Å². The van der Waals surface area contributed by atoms with Crippen molar-refractivity contribution in [1.29, 1.82) is 0 Å². The van der Waals surface area contributed by atoms with Crippen LogP contribution in [0.4, 0.5) is 0 Å². The van der Waals surface area contributed by atoms with Crippen molar-refractivity contribution in [1.82, 2.24) is 0 Å². The SMILES string of the molecule is CCCCCCCCCCCC(=O)SCC(=O)OCC(CC)(COC(=O)CSC(=O)CCCCCCCCCCC)COC(=O)CSC(=O)CCCCCCCCCCC. The molecule has 0 heterocycles. The van der Waals surface area contributed by atoms with E-state index in [-0.39, 0.29) is 52.4 Å². The van der Waals surface area contributed by atoms with Gasteiger partial charge in [-0.3, -0.25) is 28.8 Å². The fraction of sp³-hybridized carbons (Fsp3) is 0.875. The van der Waals surface area contributed by atoms with Crippen molar-refractivity contribution in [3.05, 3.63) is 0 Å². The van der Waals surface area contributed by atoms with Gasteiger partial charge in [-0.15, -0.1) is 0 Å². The number of unbranched alkanes of at least 4 members (excludes halogenated alkanes) is 24. The molecular weight excluding hydrogens is 817 g/mol. The van der Waals surface area contributed by atoms with Gasteiger partial charge in [0.05, 0.1) is 22.7 Å². The monoisotopic (exact) mass is 903 g/mol. The third-order valence-corrected chi connectivity index (χ3v) is 13.6. The zero-order valence-corrected chi connectivity index (χ0v) is 41.0. The summed E-state index contributed by atoms with van der Waals surface area (Å²) in [7, 11) is 0. The standard InChI is InChI=1S/C48H86O9S3/c1-5-9-12-15-18-21-24-27-30-33-45(52)58-36-42(49)55-39-48(8-4,40-56-43(50)37-59-46(53)34-31-28-25-22-19-16-13-10-6-2)41-57-44(51)38-60-47(54)35-32-29-26-23-20-17-14-11-7-3/h5-41H2,1-4H3. The molecular formula is C48H86O9S3. The van der Waals surface area contributed by atoms with Gasteiger partial charge in [-0.05, 0) is 25.7 Å². The lowest BCUT2D eigenvalue weighted by atomic mass is 9.88. The van der Waals surface area contributed by atoms with Gasteiger partial charge in [-0.1, -0.05) is 217 Å². The zero-order valence-electron chi connectivity index (χ0n) is 38.6. The van der Waals surface area contributed by atoms with Gasteiger partial charge in [0.1, 0.15) is 19.8 Å². The van der Waals surface area contributed by atoms with Gasteiger partial charge in [0.25, 0.3) is 0 Å². The maximum atomic E-state index is 12.8. The van der Waals surface area contributed by atoms with Crippen LogP contribution in [0.5, 0.6) is 0 Å². The minimum Gasteiger partial charge on any atom is -0.464 e. The van der Waals surface area contributed by atoms with Crippen molar-refractivity contribution in [2.24, 2.45) is 5.41 Å². The van der Waals surface area contributed by atoms with E-state index in [0.717, 1.165) is 93.1 Å². The highest BCUT2D eigenvalue weighted by atomic mass is 32.2. The van der Waals surface area contributed by atoms with E-state index in [0.29, 0.717) is 25.7 Å². The van der Waals surface area contributed by atoms with E-state index in [4.69, 9.17) is 14.2 Å². The summed E-state index contributed by atoms with van der Waals surface area (Å²) in [4.78, 5) is 75.7. The normalized spacial score (nSPS) is 11.4. The lowest BCUT2D eigenvalue weighted by Gasteiger charge is -2.31. The number of hydrogen-bond acceptors (Lipinski definition) is 12. The van der Waals surface area contributed by atoms with E-state index in [1.807, 2.05) is 6.92 Å². The molecule has 350 valence electrons. The highest BCUT2D eigenvalue weighted by Gasteiger charge is 2.34. The van der Waals surface area contributed by atoms with Gasteiger partial charge in [0, 0.05) is 19.3 Å². The average molecular weight is 903 g/mol. The van der Waals surface area contributed by atoms with Crippen LogP contribution in [0.2, 0.25) is 0 Å². The Balaban J connectivity index is 4.88. The summed E-state index contributed by atoms with van der Waals surface area (Å²) in [5.41, 5.74) is -1.04. The Kier molecular flexibility index (Phi) is 41.7. The molecule has 0 bridgehead atoms. The molecule has 0 saturated heterocycles. The molecule has 0 rings (SSSR count). The summed E-state index contributed by atoms with van der Waals surface area (Å²) in [5.74, 6) is -2.13. The summed E-state index contributed by atoms with van der Waals surface area (Å²) < 4.78 is 16.8. The predicted molar refractivity (Wildman–Crippen MR) is 254 cm³/mol. The number of rotatable bonds is 43. The zero-order chi connectivity index (χ0) is 44.4. The maximum absolute atomic E-state index is 12.8. The van der Waals surface area contributed by atoms with Crippen molar-refractivity contribution in [3.63, 3.8) is 0 Å². The number of carbonyl (C=O) groups is 6. The first-order chi connectivity index (χ1) is 29.1. The first kappa shape index (κ1) is 58.5. The molecule has 0 aromatic heterocycles. The fourth-order valence-corrected chi connectivity index (χ4v) is 8.58. The summed E-state index contributed by atoms with van der Waals surface area (Å²) in [6, 6.07) is 0. The van der Waals surface area contributed by atoms with Gasteiger partial charge in [-0.25, -0.2) is 0 Å². The lowest BCUT2D eigenvalue weighted by Crippen LogP contribution is -2.39. The summed E-state index contributed by atoms with van der Waals surface area (Å²) in [5, 5.41) is -0.141. The molecule has 0 fully saturated rings. The first-order valence-corrected chi connectivity index (χ1v) is 27.0. The van der Waals surface area contributed by atoms with Crippen molar-refractivity contribution >= 4 is 68.5 Å². The molecule has 9 nitrogen and oxygen atoms in total. The molecule has 0 amide bonds. The van der Waals surface area contributed by atoms with Gasteiger partial charge in [-0.2, -0.15) is 0 Å². The number of thioether (sulfide) groups is 3. The molecule has 0 aliphatic heterocycles. The minimum absolute atomic E-state index is 0.0470. The van der Waals surface area contributed by atoms with Gasteiger partial charge in [0.2, 0.25) is 0 Å². The Labute approximate surface area is 379 Å². The summed E-state index contributed by atoms with van der Waals surface area (Å²) in [6.45, 7) is 7.90. The van der Waals surface area contributed by atoms with Crippen LogP contribution < -0.4 is 0 Å². The van der Waals surface area contributed by atoms with Crippen LogP contribution in [0.1, 0.15) is 227 Å². The number of esters is 3. The smallest absolute Gasteiger partial charge is 0.316 e. The van der Waals surface area contributed by atoms with Crippen LogP contribution in [0.3, 0.4) is 0 Å². The molecule has 0 atom stereocenters. The van der Waals surface area contributed by atoms with E-state index in [9.17, 15) is 28.8 Å². The number of hydrogen-bond donors (Lipinski definition) is 0. The van der Waals surface area contributed by atoms with Gasteiger partial charge >= 0.3 is 17.9 Å². The Morgan fingerprint density at radius 1 is 0.333 bits per heavy atom. The number of carbonyl (C=O) groups excluding carboxylic acids is 6. The van der Waals surface area contributed by atoms with E-state index < -0.39 is 23.3 Å². The fourth-order valence-electron chi connectivity index (χ4n) is 6.63. The number of ether oxygens (including phenoxy) is 3. The molecule has 0 spiro atoms.